The molecular formula is C24H31ClN2O4S. The van der Waals surface area contributed by atoms with E-state index in [-0.39, 0.29) is 23.3 Å². The first-order valence-corrected chi connectivity index (χ1v) is 13.0. The van der Waals surface area contributed by atoms with E-state index in [1.54, 1.807) is 12.1 Å². The Hall–Kier alpha value is -2.09. The van der Waals surface area contributed by atoms with Crippen LogP contribution in [0.3, 0.4) is 0 Å². The molecule has 174 valence electrons. The van der Waals surface area contributed by atoms with Crippen LogP contribution in [0.25, 0.3) is 0 Å². The Bertz CT molecular complexity index is 995. The number of hydrogen-bond acceptors (Lipinski definition) is 4. The fraction of sp³-hybridized carbons (Fsp3) is 0.458. The molecule has 32 heavy (non-hydrogen) atoms. The summed E-state index contributed by atoms with van der Waals surface area (Å²) in [7, 11) is -3.64. The standard InChI is InChI=1S/C24H31ClN2O4S/c1-2-17-31-23-10-4-3-7-19(23)8-5-15-26-24(28)20-9-6-16-27(18-20)32(29,30)22-13-11-21(25)12-14-22/h3-4,7,10-14,20H,2,5-6,8-9,15-18H2,1H3,(H,26,28). The number of piperidine rings is 1. The van der Waals surface area contributed by atoms with Gasteiger partial charge in [0, 0.05) is 24.7 Å². The molecule has 1 atom stereocenters. The molecule has 2 aromatic rings. The zero-order chi connectivity index (χ0) is 23.0. The van der Waals surface area contributed by atoms with Crippen LogP contribution in [0, 0.1) is 5.92 Å². The minimum Gasteiger partial charge on any atom is -0.493 e. The highest BCUT2D eigenvalue weighted by molar-refractivity contribution is 7.89. The van der Waals surface area contributed by atoms with E-state index in [1.807, 2.05) is 24.3 Å². The summed E-state index contributed by atoms with van der Waals surface area (Å²) in [5.41, 5.74) is 1.13. The molecule has 1 fully saturated rings. The van der Waals surface area contributed by atoms with Gasteiger partial charge in [-0.05, 0) is 68.0 Å². The molecule has 1 saturated heterocycles. The van der Waals surface area contributed by atoms with Gasteiger partial charge in [-0.1, -0.05) is 36.7 Å². The van der Waals surface area contributed by atoms with Gasteiger partial charge in [0.05, 0.1) is 17.4 Å². The molecule has 2 aromatic carbocycles. The van der Waals surface area contributed by atoms with Gasteiger partial charge in [0.1, 0.15) is 5.75 Å². The van der Waals surface area contributed by atoms with Crippen molar-refractivity contribution in [2.75, 3.05) is 26.2 Å². The molecule has 1 amide bonds. The number of rotatable bonds is 10. The highest BCUT2D eigenvalue weighted by Crippen LogP contribution is 2.25. The van der Waals surface area contributed by atoms with Gasteiger partial charge < -0.3 is 10.1 Å². The molecule has 0 radical (unpaired) electrons. The van der Waals surface area contributed by atoms with Gasteiger partial charge in [0.25, 0.3) is 0 Å². The third-order valence-electron chi connectivity index (χ3n) is 5.56. The van der Waals surface area contributed by atoms with Crippen LogP contribution in [-0.2, 0) is 21.2 Å². The second-order valence-electron chi connectivity index (χ2n) is 8.01. The lowest BCUT2D eigenvalue weighted by molar-refractivity contribution is -0.126. The first-order chi connectivity index (χ1) is 15.4. The summed E-state index contributed by atoms with van der Waals surface area (Å²) in [6.45, 7) is 3.92. The van der Waals surface area contributed by atoms with E-state index >= 15 is 0 Å². The van der Waals surface area contributed by atoms with Gasteiger partial charge in [-0.3, -0.25) is 4.79 Å². The fourth-order valence-corrected chi connectivity index (χ4v) is 5.48. The van der Waals surface area contributed by atoms with Gasteiger partial charge in [-0.2, -0.15) is 4.31 Å². The minimum atomic E-state index is -3.64. The molecule has 6 nitrogen and oxygen atoms in total. The van der Waals surface area contributed by atoms with Crippen molar-refractivity contribution in [3.8, 4) is 5.75 Å². The topological polar surface area (TPSA) is 75.7 Å². The molecule has 8 heteroatoms. The number of para-hydroxylation sites is 1. The summed E-state index contributed by atoms with van der Waals surface area (Å²) in [6, 6.07) is 14.1. The van der Waals surface area contributed by atoms with Crippen molar-refractivity contribution in [3.63, 3.8) is 0 Å². The van der Waals surface area contributed by atoms with E-state index in [2.05, 4.69) is 12.2 Å². The first kappa shape index (κ1) is 24.6. The number of carbonyl (C=O) groups is 1. The number of benzene rings is 2. The fourth-order valence-electron chi connectivity index (χ4n) is 3.83. The molecule has 0 bridgehead atoms. The van der Waals surface area contributed by atoms with Crippen molar-refractivity contribution in [1.29, 1.82) is 0 Å². The van der Waals surface area contributed by atoms with Crippen LogP contribution < -0.4 is 10.1 Å². The van der Waals surface area contributed by atoms with Crippen molar-refractivity contribution in [1.82, 2.24) is 9.62 Å². The van der Waals surface area contributed by atoms with Gasteiger partial charge in [-0.25, -0.2) is 8.42 Å². The predicted molar refractivity (Wildman–Crippen MR) is 126 cm³/mol. The molecule has 1 N–H and O–H groups in total. The SMILES string of the molecule is CCCOc1ccccc1CCCNC(=O)C1CCCN(S(=O)(=O)c2ccc(Cl)cc2)C1. The molecule has 1 heterocycles. The Morgan fingerprint density at radius 3 is 2.69 bits per heavy atom. The molecule has 0 aliphatic carbocycles. The third kappa shape index (κ3) is 6.47. The van der Waals surface area contributed by atoms with Crippen LogP contribution in [0.5, 0.6) is 5.75 Å². The summed E-state index contributed by atoms with van der Waals surface area (Å²) < 4.78 is 33.1. The van der Waals surface area contributed by atoms with Gasteiger partial charge in [0.15, 0.2) is 0 Å². The number of carbonyl (C=O) groups excluding carboxylic acids is 1. The predicted octanol–water partition coefficient (Wildman–Crippen LogP) is 4.28. The normalized spacial score (nSPS) is 17.1. The second-order valence-corrected chi connectivity index (χ2v) is 10.4. The molecule has 1 aliphatic heterocycles. The lowest BCUT2D eigenvalue weighted by Crippen LogP contribution is -2.45. The maximum atomic E-state index is 12.9. The monoisotopic (exact) mass is 478 g/mol. The van der Waals surface area contributed by atoms with Crippen LogP contribution in [0.1, 0.15) is 38.2 Å². The minimum absolute atomic E-state index is 0.0866. The number of hydrogen-bond donors (Lipinski definition) is 1. The molecule has 0 saturated carbocycles. The van der Waals surface area contributed by atoms with Crippen molar-refractivity contribution < 1.29 is 17.9 Å². The van der Waals surface area contributed by atoms with Gasteiger partial charge >= 0.3 is 0 Å². The zero-order valence-corrected chi connectivity index (χ0v) is 20.0. The van der Waals surface area contributed by atoms with E-state index in [0.29, 0.717) is 37.6 Å². The van der Waals surface area contributed by atoms with Crippen molar-refractivity contribution in [2.45, 2.75) is 43.9 Å². The summed E-state index contributed by atoms with van der Waals surface area (Å²) >= 11 is 5.87. The average molecular weight is 479 g/mol. The molecule has 1 aliphatic rings. The Labute approximate surface area is 196 Å². The Morgan fingerprint density at radius 2 is 1.94 bits per heavy atom. The lowest BCUT2D eigenvalue weighted by Gasteiger charge is -2.31. The summed E-state index contributed by atoms with van der Waals surface area (Å²) in [5, 5.41) is 3.47. The summed E-state index contributed by atoms with van der Waals surface area (Å²) in [4.78, 5) is 12.9. The quantitative estimate of drug-likeness (QED) is 0.517. The van der Waals surface area contributed by atoms with Crippen LogP contribution in [0.4, 0.5) is 0 Å². The van der Waals surface area contributed by atoms with Crippen molar-refractivity contribution in [3.05, 3.63) is 59.1 Å². The number of ether oxygens (including phenoxy) is 1. The van der Waals surface area contributed by atoms with E-state index in [9.17, 15) is 13.2 Å². The highest BCUT2D eigenvalue weighted by atomic mass is 35.5. The van der Waals surface area contributed by atoms with E-state index in [0.717, 1.165) is 30.6 Å². The van der Waals surface area contributed by atoms with Crippen molar-refractivity contribution in [2.24, 2.45) is 5.92 Å². The smallest absolute Gasteiger partial charge is 0.243 e. The Morgan fingerprint density at radius 1 is 1.19 bits per heavy atom. The summed E-state index contributed by atoms with van der Waals surface area (Å²) in [5.74, 6) is 0.471. The van der Waals surface area contributed by atoms with E-state index in [1.165, 1.54) is 16.4 Å². The number of aryl methyl sites for hydroxylation is 1. The Balaban J connectivity index is 1.50. The second kappa shape index (κ2) is 11.7. The molecule has 0 spiro atoms. The number of halogens is 1. The molecule has 3 rings (SSSR count). The number of nitrogens with one attached hydrogen (secondary N) is 1. The van der Waals surface area contributed by atoms with E-state index in [4.69, 9.17) is 16.3 Å². The lowest BCUT2D eigenvalue weighted by atomic mass is 9.99. The summed E-state index contributed by atoms with van der Waals surface area (Å²) in [6.07, 6.45) is 3.90. The number of nitrogens with zero attached hydrogens (tertiary/aromatic N) is 1. The maximum absolute atomic E-state index is 12.9. The Kier molecular flexibility index (Phi) is 8.96. The highest BCUT2D eigenvalue weighted by Gasteiger charge is 2.33. The largest absolute Gasteiger partial charge is 0.493 e. The first-order valence-electron chi connectivity index (χ1n) is 11.2. The average Bonchev–Trinajstić information content (AvgIpc) is 2.81. The third-order valence-corrected chi connectivity index (χ3v) is 7.69. The van der Waals surface area contributed by atoms with Crippen LogP contribution in [0.15, 0.2) is 53.4 Å². The number of amides is 1. The van der Waals surface area contributed by atoms with Crippen LogP contribution >= 0.6 is 11.6 Å². The zero-order valence-electron chi connectivity index (χ0n) is 18.4. The van der Waals surface area contributed by atoms with Gasteiger partial charge in [0.2, 0.25) is 15.9 Å². The molecule has 0 aromatic heterocycles. The molecular weight excluding hydrogens is 448 g/mol. The van der Waals surface area contributed by atoms with Gasteiger partial charge in [-0.15, -0.1) is 0 Å². The molecule has 1 unspecified atom stereocenters. The van der Waals surface area contributed by atoms with Crippen LogP contribution in [-0.4, -0.2) is 44.9 Å². The van der Waals surface area contributed by atoms with Crippen molar-refractivity contribution >= 4 is 27.5 Å². The van der Waals surface area contributed by atoms with E-state index < -0.39 is 10.0 Å². The van der Waals surface area contributed by atoms with Crippen LogP contribution in [0.2, 0.25) is 5.02 Å². The number of sulfonamides is 1. The maximum Gasteiger partial charge on any atom is 0.243 e.